The van der Waals surface area contributed by atoms with Crippen LogP contribution in [0, 0.1) is 5.92 Å². The minimum absolute atomic E-state index is 0. The first-order valence-corrected chi connectivity index (χ1v) is 8.15. The fraction of sp³-hybridized carbons (Fsp3) is 0.625. The van der Waals surface area contributed by atoms with E-state index in [4.69, 9.17) is 31.4 Å². The van der Waals surface area contributed by atoms with Crippen LogP contribution in [0.25, 0.3) is 0 Å². The van der Waals surface area contributed by atoms with Crippen molar-refractivity contribution in [2.24, 2.45) is 5.92 Å². The third kappa shape index (κ3) is 3.73. The van der Waals surface area contributed by atoms with Gasteiger partial charge in [-0.3, -0.25) is 0 Å². The van der Waals surface area contributed by atoms with Crippen LogP contribution in [0.3, 0.4) is 0 Å². The highest BCUT2D eigenvalue weighted by Crippen LogP contribution is 2.38. The van der Waals surface area contributed by atoms with Crippen molar-refractivity contribution in [3.05, 3.63) is 17.2 Å². The van der Waals surface area contributed by atoms with Crippen LogP contribution in [0.2, 0.25) is 5.02 Å². The summed E-state index contributed by atoms with van der Waals surface area (Å²) in [6, 6.07) is 3.56. The molecule has 2 fully saturated rings. The fourth-order valence-electron chi connectivity index (χ4n) is 2.35. The van der Waals surface area contributed by atoms with Gasteiger partial charge in [0.1, 0.15) is 5.75 Å². The highest BCUT2D eigenvalue weighted by Gasteiger charge is 2.52. The van der Waals surface area contributed by atoms with Crippen molar-refractivity contribution in [2.45, 2.75) is 51.7 Å². The van der Waals surface area contributed by atoms with Gasteiger partial charge in [0.05, 0.1) is 23.5 Å². The van der Waals surface area contributed by atoms with Crippen LogP contribution in [-0.4, -0.2) is 24.9 Å². The first-order valence-electron chi connectivity index (χ1n) is 7.77. The van der Waals surface area contributed by atoms with Crippen LogP contribution in [0.15, 0.2) is 12.1 Å². The predicted molar refractivity (Wildman–Crippen MR) is 97.0 cm³/mol. The van der Waals surface area contributed by atoms with Gasteiger partial charge in [0.15, 0.2) is 0 Å². The summed E-state index contributed by atoms with van der Waals surface area (Å²) in [6.07, 6.45) is 2.47. The smallest absolute Gasteiger partial charge is 0.491 e. The molecule has 7 heteroatoms. The molecular weight excluding hydrogens is 336 g/mol. The number of anilines is 1. The second-order valence-electron chi connectivity index (χ2n) is 7.25. The van der Waals surface area contributed by atoms with Gasteiger partial charge in [-0.15, -0.1) is 12.4 Å². The Morgan fingerprint density at radius 2 is 1.78 bits per heavy atom. The van der Waals surface area contributed by atoms with Crippen molar-refractivity contribution in [3.8, 4) is 5.75 Å². The van der Waals surface area contributed by atoms with E-state index < -0.39 is 18.3 Å². The lowest BCUT2D eigenvalue weighted by Gasteiger charge is -2.32. The Balaban J connectivity index is 0.00000192. The van der Waals surface area contributed by atoms with Crippen molar-refractivity contribution in [1.29, 1.82) is 0 Å². The molecule has 0 spiro atoms. The lowest BCUT2D eigenvalue weighted by Crippen LogP contribution is -2.41. The molecule has 1 heterocycles. The second-order valence-corrected chi connectivity index (χ2v) is 7.66. The standard InChI is InChI=1S/C16H23BClNO3.ClH/c1-15(2)16(3,4)22-17(21-15)11-7-14(13(19)8-12(11)18)20-9-10-5-6-10;/h7-8,10H,5-6,9,19H2,1-4H3;1H. The third-order valence-electron chi connectivity index (χ3n) is 4.81. The van der Waals surface area contributed by atoms with Gasteiger partial charge in [-0.25, -0.2) is 0 Å². The maximum Gasteiger partial charge on any atom is 0.496 e. The van der Waals surface area contributed by atoms with Crippen molar-refractivity contribution in [2.75, 3.05) is 12.3 Å². The molecule has 1 aromatic carbocycles. The molecule has 1 aliphatic carbocycles. The Bertz CT molecular complexity index is 575. The van der Waals surface area contributed by atoms with Crippen LogP contribution >= 0.6 is 24.0 Å². The van der Waals surface area contributed by atoms with E-state index in [9.17, 15) is 0 Å². The summed E-state index contributed by atoms with van der Waals surface area (Å²) < 4.78 is 17.9. The van der Waals surface area contributed by atoms with Crippen LogP contribution in [0.1, 0.15) is 40.5 Å². The molecule has 4 nitrogen and oxygen atoms in total. The Morgan fingerprint density at radius 1 is 1.22 bits per heavy atom. The van der Waals surface area contributed by atoms with Crippen LogP contribution < -0.4 is 15.9 Å². The molecule has 3 rings (SSSR count). The normalized spacial score (nSPS) is 21.9. The number of hydrogen-bond donors (Lipinski definition) is 1. The van der Waals surface area contributed by atoms with E-state index in [1.807, 2.05) is 33.8 Å². The van der Waals surface area contributed by atoms with Gasteiger partial charge < -0.3 is 19.8 Å². The zero-order valence-electron chi connectivity index (χ0n) is 14.0. The van der Waals surface area contributed by atoms with Gasteiger partial charge in [0.2, 0.25) is 0 Å². The molecule has 1 aromatic rings. The maximum atomic E-state index is 6.35. The molecule has 0 radical (unpaired) electrons. The number of rotatable bonds is 4. The zero-order valence-corrected chi connectivity index (χ0v) is 15.6. The van der Waals surface area contributed by atoms with E-state index in [0.717, 1.165) is 5.46 Å². The molecule has 0 unspecified atom stereocenters. The monoisotopic (exact) mass is 359 g/mol. The van der Waals surface area contributed by atoms with Crippen LogP contribution in [0.4, 0.5) is 5.69 Å². The Morgan fingerprint density at radius 3 is 2.30 bits per heavy atom. The van der Waals surface area contributed by atoms with Crippen LogP contribution in [0.5, 0.6) is 5.75 Å². The van der Waals surface area contributed by atoms with Gasteiger partial charge in [-0.2, -0.15) is 0 Å². The largest absolute Gasteiger partial charge is 0.496 e. The summed E-state index contributed by atoms with van der Waals surface area (Å²) in [5.74, 6) is 1.32. The molecule has 2 N–H and O–H groups in total. The van der Waals surface area contributed by atoms with Crippen molar-refractivity contribution in [1.82, 2.24) is 0 Å². The summed E-state index contributed by atoms with van der Waals surface area (Å²) in [5, 5.41) is 0.537. The van der Waals surface area contributed by atoms with Gasteiger partial charge in [-0.1, -0.05) is 11.6 Å². The highest BCUT2D eigenvalue weighted by atomic mass is 35.5. The van der Waals surface area contributed by atoms with Gasteiger partial charge in [-0.05, 0) is 58.6 Å². The molecule has 23 heavy (non-hydrogen) atoms. The zero-order chi connectivity index (χ0) is 16.1. The predicted octanol–water partition coefficient (Wildman–Crippen LogP) is 3.43. The minimum atomic E-state index is -0.513. The van der Waals surface area contributed by atoms with Crippen LogP contribution in [-0.2, 0) is 9.31 Å². The van der Waals surface area contributed by atoms with E-state index in [2.05, 4.69) is 0 Å². The summed E-state index contributed by atoms with van der Waals surface area (Å²) in [7, 11) is -0.513. The number of nitrogen functional groups attached to an aromatic ring is 1. The van der Waals surface area contributed by atoms with Gasteiger partial charge in [0, 0.05) is 10.5 Å². The lowest BCUT2D eigenvalue weighted by atomic mass is 9.79. The van der Waals surface area contributed by atoms with Crippen molar-refractivity contribution < 1.29 is 14.0 Å². The molecule has 0 amide bonds. The molecule has 0 bridgehead atoms. The molecule has 0 aromatic heterocycles. The van der Waals surface area contributed by atoms with Gasteiger partial charge in [0.25, 0.3) is 0 Å². The topological polar surface area (TPSA) is 53.7 Å². The quantitative estimate of drug-likeness (QED) is 0.660. The summed E-state index contributed by atoms with van der Waals surface area (Å²) >= 11 is 6.35. The molecule has 1 saturated carbocycles. The lowest BCUT2D eigenvalue weighted by molar-refractivity contribution is 0.00578. The van der Waals surface area contributed by atoms with E-state index in [1.54, 1.807) is 6.07 Å². The molecule has 0 atom stereocenters. The SMILES string of the molecule is CC1(C)OB(c2cc(OCC3CC3)c(N)cc2Cl)OC1(C)C.Cl. The maximum absolute atomic E-state index is 6.35. The molecule has 1 aliphatic heterocycles. The Kier molecular flexibility index (Phi) is 5.17. The summed E-state index contributed by atoms with van der Waals surface area (Å²) in [4.78, 5) is 0. The first kappa shape index (κ1) is 18.7. The Labute approximate surface area is 149 Å². The number of hydrogen-bond acceptors (Lipinski definition) is 4. The average Bonchev–Trinajstić information content (AvgIpc) is 3.16. The molecular formula is C16H24BCl2NO3. The summed E-state index contributed by atoms with van der Waals surface area (Å²) in [6.45, 7) is 8.77. The van der Waals surface area contributed by atoms with E-state index >= 15 is 0 Å². The number of ether oxygens (including phenoxy) is 1. The third-order valence-corrected chi connectivity index (χ3v) is 5.14. The number of nitrogens with two attached hydrogens (primary N) is 1. The fourth-order valence-corrected chi connectivity index (χ4v) is 2.61. The molecule has 2 aliphatic rings. The first-order chi connectivity index (χ1) is 10.2. The molecule has 1 saturated heterocycles. The summed E-state index contributed by atoms with van der Waals surface area (Å²) in [5.41, 5.74) is 6.51. The molecule has 128 valence electrons. The van der Waals surface area contributed by atoms with Crippen molar-refractivity contribution in [3.63, 3.8) is 0 Å². The second kappa shape index (κ2) is 6.36. The van der Waals surface area contributed by atoms with E-state index in [1.165, 1.54) is 12.8 Å². The van der Waals surface area contributed by atoms with E-state index in [-0.39, 0.29) is 12.4 Å². The average molecular weight is 360 g/mol. The van der Waals surface area contributed by atoms with Crippen molar-refractivity contribution >= 4 is 42.3 Å². The van der Waals surface area contributed by atoms with Gasteiger partial charge >= 0.3 is 7.12 Å². The van der Waals surface area contributed by atoms with E-state index in [0.29, 0.717) is 29.0 Å². The number of benzene rings is 1. The number of halogens is 2. The minimum Gasteiger partial charge on any atom is -0.491 e. The highest BCUT2D eigenvalue weighted by molar-refractivity contribution is 6.65. The Hall–Kier alpha value is -0.615.